The monoisotopic (exact) mass is 586 g/mol. The van der Waals surface area contributed by atoms with E-state index in [-0.39, 0.29) is 0 Å². The van der Waals surface area contributed by atoms with Crippen LogP contribution in [0.25, 0.3) is 98.8 Å². The Morgan fingerprint density at radius 1 is 0.261 bits per heavy atom. The third kappa shape index (κ3) is 3.59. The lowest BCUT2D eigenvalue weighted by Gasteiger charge is -2.18. The van der Waals surface area contributed by atoms with E-state index in [4.69, 9.17) is 8.83 Å². The standard InChI is InChI=1S/C44H26O2/c1-2-13-27(14-3-1)28-15-12-16-29(25-28)40-32-19-4-6-21-34(32)41(35-22-7-5-20-33(35)40)42-43-36(30-17-8-10-23-38(30)45-43)26-37-31-18-9-11-24-39(31)46-44(37)42/h1-26H. The molecule has 0 unspecified atom stereocenters. The minimum atomic E-state index is 0.849. The molecule has 2 heterocycles. The number of fused-ring (bicyclic) bond motifs is 8. The average molecular weight is 587 g/mol. The third-order valence-corrected chi connectivity index (χ3v) is 9.45. The molecule has 2 heteroatoms. The Hall–Kier alpha value is -6.12. The van der Waals surface area contributed by atoms with Crippen LogP contribution in [0, 0.1) is 0 Å². The normalized spacial score (nSPS) is 11.9. The summed E-state index contributed by atoms with van der Waals surface area (Å²) in [6, 6.07) is 56.0. The van der Waals surface area contributed by atoms with Crippen LogP contribution in [0.2, 0.25) is 0 Å². The quantitative estimate of drug-likeness (QED) is 0.193. The third-order valence-electron chi connectivity index (χ3n) is 9.45. The Balaban J connectivity index is 1.39. The highest BCUT2D eigenvalue weighted by Gasteiger charge is 2.25. The molecule has 10 rings (SSSR count). The zero-order chi connectivity index (χ0) is 30.2. The summed E-state index contributed by atoms with van der Waals surface area (Å²) < 4.78 is 13.5. The number of para-hydroxylation sites is 2. The van der Waals surface area contributed by atoms with Crippen molar-refractivity contribution in [2.45, 2.75) is 0 Å². The Morgan fingerprint density at radius 3 is 1.26 bits per heavy atom. The summed E-state index contributed by atoms with van der Waals surface area (Å²) in [7, 11) is 0. The van der Waals surface area contributed by atoms with Gasteiger partial charge in [0, 0.05) is 27.1 Å². The van der Waals surface area contributed by atoms with Gasteiger partial charge in [0.15, 0.2) is 0 Å². The average Bonchev–Trinajstić information content (AvgIpc) is 3.68. The van der Waals surface area contributed by atoms with Gasteiger partial charge in [-0.15, -0.1) is 0 Å². The molecule has 0 N–H and O–H groups in total. The largest absolute Gasteiger partial charge is 0.455 e. The smallest absolute Gasteiger partial charge is 0.147 e. The number of hydrogen-bond acceptors (Lipinski definition) is 2. The fraction of sp³-hybridized carbons (Fsp3) is 0. The summed E-state index contributed by atoms with van der Waals surface area (Å²) >= 11 is 0. The molecule has 0 radical (unpaired) electrons. The van der Waals surface area contributed by atoms with Crippen molar-refractivity contribution in [3.63, 3.8) is 0 Å². The van der Waals surface area contributed by atoms with Crippen LogP contribution in [-0.2, 0) is 0 Å². The van der Waals surface area contributed by atoms with Crippen LogP contribution in [0.5, 0.6) is 0 Å². The molecule has 10 aromatic rings. The maximum atomic E-state index is 6.76. The second-order valence-corrected chi connectivity index (χ2v) is 12.0. The SMILES string of the molecule is c1ccc(-c2cccc(-c3c4ccccc4c(-c4c5oc6ccccc6c5cc5c4oc4ccccc45)c4ccccc34)c2)cc1. The van der Waals surface area contributed by atoms with Crippen molar-refractivity contribution in [3.05, 3.63) is 158 Å². The lowest BCUT2D eigenvalue weighted by molar-refractivity contribution is 0.658. The van der Waals surface area contributed by atoms with Crippen LogP contribution >= 0.6 is 0 Å². The molecule has 0 fully saturated rings. The predicted molar refractivity (Wildman–Crippen MR) is 192 cm³/mol. The van der Waals surface area contributed by atoms with Crippen molar-refractivity contribution in [1.29, 1.82) is 0 Å². The maximum Gasteiger partial charge on any atom is 0.147 e. The Morgan fingerprint density at radius 2 is 0.696 bits per heavy atom. The summed E-state index contributed by atoms with van der Waals surface area (Å²) in [6.07, 6.45) is 0. The van der Waals surface area contributed by atoms with Gasteiger partial charge < -0.3 is 8.83 Å². The summed E-state index contributed by atoms with van der Waals surface area (Å²) in [5.74, 6) is 0. The van der Waals surface area contributed by atoms with E-state index >= 15 is 0 Å². The topological polar surface area (TPSA) is 26.3 Å². The highest BCUT2D eigenvalue weighted by Crippen LogP contribution is 2.50. The van der Waals surface area contributed by atoms with Crippen LogP contribution in [-0.4, -0.2) is 0 Å². The molecule has 0 spiro atoms. The molecule has 46 heavy (non-hydrogen) atoms. The summed E-state index contributed by atoms with van der Waals surface area (Å²) in [5.41, 5.74) is 10.4. The van der Waals surface area contributed by atoms with Crippen LogP contribution in [0.3, 0.4) is 0 Å². The second-order valence-electron chi connectivity index (χ2n) is 12.0. The van der Waals surface area contributed by atoms with Gasteiger partial charge in [-0.3, -0.25) is 0 Å². The lowest BCUT2D eigenvalue weighted by Crippen LogP contribution is -1.92. The van der Waals surface area contributed by atoms with Crippen LogP contribution in [0.4, 0.5) is 0 Å². The Bertz CT molecular complexity index is 2650. The van der Waals surface area contributed by atoms with Crippen molar-refractivity contribution in [2.75, 3.05) is 0 Å². The van der Waals surface area contributed by atoms with E-state index < -0.39 is 0 Å². The zero-order valence-corrected chi connectivity index (χ0v) is 24.8. The summed E-state index contributed by atoms with van der Waals surface area (Å²) in [5, 5.41) is 9.11. The van der Waals surface area contributed by atoms with Gasteiger partial charge in [0.25, 0.3) is 0 Å². The number of rotatable bonds is 3. The van der Waals surface area contributed by atoms with E-state index in [1.54, 1.807) is 0 Å². The molecule has 0 aliphatic heterocycles. The number of benzene rings is 8. The van der Waals surface area contributed by atoms with E-state index in [0.29, 0.717) is 0 Å². The first-order valence-corrected chi connectivity index (χ1v) is 15.7. The lowest BCUT2D eigenvalue weighted by atomic mass is 9.84. The van der Waals surface area contributed by atoms with E-state index in [1.165, 1.54) is 33.0 Å². The molecule has 0 amide bonds. The van der Waals surface area contributed by atoms with Gasteiger partial charge in [-0.1, -0.05) is 133 Å². The fourth-order valence-electron chi connectivity index (χ4n) is 7.46. The van der Waals surface area contributed by atoms with Crippen LogP contribution in [0.1, 0.15) is 0 Å². The molecule has 0 aliphatic carbocycles. The molecule has 214 valence electrons. The first-order chi connectivity index (χ1) is 22.8. The molecular weight excluding hydrogens is 560 g/mol. The van der Waals surface area contributed by atoms with E-state index in [9.17, 15) is 0 Å². The minimum Gasteiger partial charge on any atom is -0.455 e. The summed E-state index contributed by atoms with van der Waals surface area (Å²) in [6.45, 7) is 0. The highest BCUT2D eigenvalue weighted by molar-refractivity contribution is 6.29. The molecule has 2 aromatic heterocycles. The van der Waals surface area contributed by atoms with E-state index in [0.717, 1.165) is 65.8 Å². The molecule has 0 aliphatic rings. The van der Waals surface area contributed by atoms with Gasteiger partial charge in [-0.05, 0) is 68.1 Å². The van der Waals surface area contributed by atoms with Gasteiger partial charge >= 0.3 is 0 Å². The van der Waals surface area contributed by atoms with Crippen molar-refractivity contribution >= 4 is 65.4 Å². The predicted octanol–water partition coefficient (Wildman–Crippen LogP) is 12.8. The molecule has 0 saturated carbocycles. The van der Waals surface area contributed by atoms with Crippen molar-refractivity contribution in [3.8, 4) is 33.4 Å². The molecular formula is C44H26O2. The zero-order valence-electron chi connectivity index (χ0n) is 24.8. The molecule has 2 nitrogen and oxygen atoms in total. The van der Waals surface area contributed by atoms with Gasteiger partial charge in [0.05, 0.1) is 5.56 Å². The molecule has 0 saturated heterocycles. The first-order valence-electron chi connectivity index (χ1n) is 15.7. The van der Waals surface area contributed by atoms with Gasteiger partial charge in [0.1, 0.15) is 22.3 Å². The number of hydrogen-bond donors (Lipinski definition) is 0. The summed E-state index contributed by atoms with van der Waals surface area (Å²) in [4.78, 5) is 0. The van der Waals surface area contributed by atoms with Crippen LogP contribution < -0.4 is 0 Å². The fourth-order valence-corrected chi connectivity index (χ4v) is 7.46. The minimum absolute atomic E-state index is 0.849. The second kappa shape index (κ2) is 9.69. The maximum absolute atomic E-state index is 6.76. The number of furan rings is 2. The van der Waals surface area contributed by atoms with E-state index in [1.807, 2.05) is 12.1 Å². The van der Waals surface area contributed by atoms with Gasteiger partial charge in [-0.2, -0.15) is 0 Å². The van der Waals surface area contributed by atoms with Gasteiger partial charge in [-0.25, -0.2) is 0 Å². The molecule has 8 aromatic carbocycles. The van der Waals surface area contributed by atoms with Crippen molar-refractivity contribution in [2.24, 2.45) is 0 Å². The highest BCUT2D eigenvalue weighted by atomic mass is 16.3. The van der Waals surface area contributed by atoms with E-state index in [2.05, 4.69) is 146 Å². The molecule has 0 bridgehead atoms. The van der Waals surface area contributed by atoms with Crippen LogP contribution in [0.15, 0.2) is 167 Å². The Kier molecular flexibility index (Phi) is 5.31. The first kappa shape index (κ1) is 25.2. The van der Waals surface area contributed by atoms with Crippen molar-refractivity contribution < 1.29 is 8.83 Å². The van der Waals surface area contributed by atoms with Crippen molar-refractivity contribution in [1.82, 2.24) is 0 Å². The van der Waals surface area contributed by atoms with Gasteiger partial charge in [0.2, 0.25) is 0 Å². The molecule has 0 atom stereocenters. The Labute approximate surface area is 264 Å².